The van der Waals surface area contributed by atoms with Crippen LogP contribution in [0, 0.1) is 6.92 Å². The van der Waals surface area contributed by atoms with Gasteiger partial charge in [-0.1, -0.05) is 35.4 Å². The Balaban J connectivity index is 1.81. The van der Waals surface area contributed by atoms with Crippen molar-refractivity contribution < 1.29 is 9.53 Å². The first kappa shape index (κ1) is 20.4. The number of aromatic nitrogens is 1. The number of pyridine rings is 1. The molecule has 0 atom stereocenters. The highest BCUT2D eigenvalue weighted by atomic mass is 35.5. The van der Waals surface area contributed by atoms with E-state index in [2.05, 4.69) is 20.6 Å². The molecule has 0 unspecified atom stereocenters. The number of aliphatic imine (C=N–C) groups is 1. The first-order valence-electron chi connectivity index (χ1n) is 8.97. The molecule has 29 heavy (non-hydrogen) atoms. The number of anilines is 1. The molecule has 1 aromatic heterocycles. The van der Waals surface area contributed by atoms with Crippen LogP contribution in [-0.4, -0.2) is 24.0 Å². The van der Waals surface area contributed by atoms with Gasteiger partial charge < -0.3 is 10.1 Å². The highest BCUT2D eigenvalue weighted by molar-refractivity contribution is 6.32. The third-order valence-electron chi connectivity index (χ3n) is 4.10. The lowest BCUT2D eigenvalue weighted by molar-refractivity contribution is 0.0977. The molecular weight excluding hydrogens is 388 g/mol. The number of carbonyl (C=O) groups excluding carboxylic acids is 1. The Labute approximate surface area is 174 Å². The summed E-state index contributed by atoms with van der Waals surface area (Å²) in [6.07, 6.45) is 3.43. The smallest absolute Gasteiger partial charge is 0.257 e. The predicted octanol–water partition coefficient (Wildman–Crippen LogP) is 4.45. The summed E-state index contributed by atoms with van der Waals surface area (Å²) in [5, 5.41) is 6.39. The zero-order valence-corrected chi connectivity index (χ0v) is 16.9. The number of benzene rings is 2. The van der Waals surface area contributed by atoms with Gasteiger partial charge in [0.25, 0.3) is 5.91 Å². The molecule has 1 heterocycles. The maximum atomic E-state index is 12.6. The number of amides is 1. The van der Waals surface area contributed by atoms with Crippen LogP contribution < -0.4 is 15.4 Å². The number of ether oxygens (including phenoxy) is 1. The van der Waals surface area contributed by atoms with Gasteiger partial charge in [0.1, 0.15) is 5.75 Å². The van der Waals surface area contributed by atoms with Crippen LogP contribution in [0.2, 0.25) is 5.02 Å². The van der Waals surface area contributed by atoms with E-state index < -0.39 is 0 Å². The van der Waals surface area contributed by atoms with Gasteiger partial charge in [-0.15, -0.1) is 0 Å². The number of hydrogen-bond acceptors (Lipinski definition) is 4. The lowest BCUT2D eigenvalue weighted by atomic mass is 10.1. The summed E-state index contributed by atoms with van der Waals surface area (Å²) in [5.41, 5.74) is 3.21. The summed E-state index contributed by atoms with van der Waals surface area (Å²) in [6, 6.07) is 16.3. The van der Waals surface area contributed by atoms with E-state index >= 15 is 0 Å². The van der Waals surface area contributed by atoms with Crippen molar-refractivity contribution in [3.8, 4) is 5.75 Å². The second-order valence-electron chi connectivity index (χ2n) is 6.32. The Morgan fingerprint density at radius 3 is 2.62 bits per heavy atom. The number of halogens is 1. The molecule has 0 aliphatic carbocycles. The number of guanidine groups is 1. The molecule has 6 nitrogen and oxygen atoms in total. The van der Waals surface area contributed by atoms with Crippen molar-refractivity contribution in [2.45, 2.75) is 13.5 Å². The van der Waals surface area contributed by atoms with E-state index in [1.165, 1.54) is 0 Å². The van der Waals surface area contributed by atoms with E-state index in [9.17, 15) is 4.79 Å². The summed E-state index contributed by atoms with van der Waals surface area (Å²) >= 11 is 6.20. The molecule has 0 spiro atoms. The molecule has 0 aliphatic rings. The Morgan fingerprint density at radius 1 is 1.17 bits per heavy atom. The Bertz CT molecular complexity index is 1010. The fourth-order valence-corrected chi connectivity index (χ4v) is 2.80. The fourth-order valence-electron chi connectivity index (χ4n) is 2.54. The van der Waals surface area contributed by atoms with Crippen molar-refractivity contribution >= 4 is 29.2 Å². The Morgan fingerprint density at radius 2 is 1.97 bits per heavy atom. The highest BCUT2D eigenvalue weighted by Crippen LogP contribution is 2.27. The fraction of sp³-hybridized carbons (Fsp3) is 0.136. The molecule has 0 aliphatic heterocycles. The van der Waals surface area contributed by atoms with E-state index in [4.69, 9.17) is 16.3 Å². The van der Waals surface area contributed by atoms with Crippen LogP contribution in [0.3, 0.4) is 0 Å². The first-order valence-corrected chi connectivity index (χ1v) is 9.35. The van der Waals surface area contributed by atoms with Gasteiger partial charge in [0.2, 0.25) is 5.96 Å². The Hall–Kier alpha value is -3.38. The van der Waals surface area contributed by atoms with Crippen LogP contribution in [-0.2, 0) is 6.54 Å². The van der Waals surface area contributed by atoms with Gasteiger partial charge in [0.05, 0.1) is 18.7 Å². The van der Waals surface area contributed by atoms with Crippen molar-refractivity contribution in [3.63, 3.8) is 0 Å². The van der Waals surface area contributed by atoms with Crippen LogP contribution in [0.5, 0.6) is 5.75 Å². The zero-order chi connectivity index (χ0) is 20.6. The standard InChI is InChI=1S/C22H21ClN4O2/c1-15-5-7-17(8-6-15)21(28)27-22(25-14-16-4-3-11-24-13-16)26-18-9-10-20(29-2)19(23)12-18/h3-13H,14H2,1-2H3,(H2,25,26,27,28). The van der Waals surface area contributed by atoms with E-state index in [1.54, 1.807) is 49.8 Å². The molecule has 0 saturated heterocycles. The van der Waals surface area contributed by atoms with Gasteiger partial charge in [-0.2, -0.15) is 0 Å². The number of aryl methyl sites for hydroxylation is 1. The molecule has 1 amide bonds. The van der Waals surface area contributed by atoms with Crippen molar-refractivity contribution in [2.24, 2.45) is 4.99 Å². The topological polar surface area (TPSA) is 75.6 Å². The van der Waals surface area contributed by atoms with E-state index in [0.29, 0.717) is 34.5 Å². The summed E-state index contributed by atoms with van der Waals surface area (Å²) in [5.74, 6) is 0.609. The SMILES string of the molecule is COc1ccc(NC(=NCc2cccnc2)NC(=O)c2ccc(C)cc2)cc1Cl. The number of carbonyl (C=O) groups is 1. The monoisotopic (exact) mass is 408 g/mol. The first-order chi connectivity index (χ1) is 14.0. The summed E-state index contributed by atoms with van der Waals surface area (Å²) in [6.45, 7) is 2.33. The normalized spacial score (nSPS) is 11.1. The number of rotatable bonds is 5. The molecule has 2 N–H and O–H groups in total. The molecule has 3 rings (SSSR count). The molecule has 2 aromatic carbocycles. The maximum Gasteiger partial charge on any atom is 0.257 e. The molecule has 0 radical (unpaired) electrons. The zero-order valence-electron chi connectivity index (χ0n) is 16.1. The minimum Gasteiger partial charge on any atom is -0.495 e. The maximum absolute atomic E-state index is 12.6. The predicted molar refractivity (Wildman–Crippen MR) is 116 cm³/mol. The minimum atomic E-state index is -0.262. The lowest BCUT2D eigenvalue weighted by Gasteiger charge is -2.13. The second-order valence-corrected chi connectivity index (χ2v) is 6.73. The quantitative estimate of drug-likeness (QED) is 0.483. The van der Waals surface area contributed by atoms with Crippen molar-refractivity contribution in [1.82, 2.24) is 10.3 Å². The van der Waals surface area contributed by atoms with Gasteiger partial charge in [0.15, 0.2) is 0 Å². The molecule has 0 fully saturated rings. The van der Waals surface area contributed by atoms with Crippen molar-refractivity contribution in [1.29, 1.82) is 0 Å². The minimum absolute atomic E-state index is 0.262. The lowest BCUT2D eigenvalue weighted by Crippen LogP contribution is -2.36. The van der Waals surface area contributed by atoms with Crippen molar-refractivity contribution in [2.75, 3.05) is 12.4 Å². The van der Waals surface area contributed by atoms with Crippen molar-refractivity contribution in [3.05, 3.63) is 88.7 Å². The van der Waals surface area contributed by atoms with Gasteiger partial charge in [0, 0.05) is 23.6 Å². The molecular formula is C22H21ClN4O2. The van der Waals surface area contributed by atoms with Crippen LogP contribution in [0.4, 0.5) is 5.69 Å². The number of nitrogens with one attached hydrogen (secondary N) is 2. The Kier molecular flexibility index (Phi) is 6.81. The number of methoxy groups -OCH3 is 1. The van der Waals surface area contributed by atoms with Crippen LogP contribution in [0.1, 0.15) is 21.5 Å². The molecule has 7 heteroatoms. The van der Waals surface area contributed by atoms with Crippen LogP contribution in [0.15, 0.2) is 72.0 Å². The van der Waals surface area contributed by atoms with E-state index in [0.717, 1.165) is 11.1 Å². The van der Waals surface area contributed by atoms with Gasteiger partial charge >= 0.3 is 0 Å². The van der Waals surface area contributed by atoms with Crippen LogP contribution >= 0.6 is 11.6 Å². The summed E-state index contributed by atoms with van der Waals surface area (Å²) in [4.78, 5) is 21.2. The van der Waals surface area contributed by atoms with E-state index in [1.807, 2.05) is 31.2 Å². The van der Waals surface area contributed by atoms with E-state index in [-0.39, 0.29) is 5.91 Å². The van der Waals surface area contributed by atoms with Crippen LogP contribution in [0.25, 0.3) is 0 Å². The third-order valence-corrected chi connectivity index (χ3v) is 4.40. The molecule has 148 valence electrons. The molecule has 0 bridgehead atoms. The highest BCUT2D eigenvalue weighted by Gasteiger charge is 2.10. The average molecular weight is 409 g/mol. The average Bonchev–Trinajstić information content (AvgIpc) is 2.73. The number of hydrogen-bond donors (Lipinski definition) is 2. The van der Waals surface area contributed by atoms with Gasteiger partial charge in [-0.25, -0.2) is 4.99 Å². The molecule has 0 saturated carbocycles. The van der Waals surface area contributed by atoms with Gasteiger partial charge in [-0.3, -0.25) is 15.1 Å². The van der Waals surface area contributed by atoms with Gasteiger partial charge in [-0.05, 0) is 48.9 Å². The second kappa shape index (κ2) is 9.71. The number of nitrogens with zero attached hydrogens (tertiary/aromatic N) is 2. The molecule has 3 aromatic rings. The summed E-state index contributed by atoms with van der Waals surface area (Å²) < 4.78 is 5.18. The third kappa shape index (κ3) is 5.80. The summed E-state index contributed by atoms with van der Waals surface area (Å²) in [7, 11) is 1.55. The largest absolute Gasteiger partial charge is 0.495 e.